The average Bonchev–Trinajstić information content (AvgIpc) is 3.19. The lowest BCUT2D eigenvalue weighted by molar-refractivity contribution is -0.125. The largest absolute Gasteiger partial charge is 0.467 e. The van der Waals surface area contributed by atoms with Crippen LogP contribution in [0, 0.1) is 5.92 Å². The highest BCUT2D eigenvalue weighted by molar-refractivity contribution is 5.80. The van der Waals surface area contributed by atoms with Gasteiger partial charge in [0.15, 0.2) is 0 Å². The fourth-order valence-electron chi connectivity index (χ4n) is 3.23. The highest BCUT2D eigenvalue weighted by Gasteiger charge is 2.26. The smallest absolute Gasteiger partial charge is 0.225 e. The van der Waals surface area contributed by atoms with E-state index in [9.17, 15) is 4.79 Å². The number of furan rings is 1. The lowest BCUT2D eigenvalue weighted by Crippen LogP contribution is -2.43. The van der Waals surface area contributed by atoms with Crippen LogP contribution >= 0.6 is 0 Å². The van der Waals surface area contributed by atoms with E-state index in [-0.39, 0.29) is 11.8 Å². The Bertz CT molecular complexity index is 863. The number of aromatic nitrogens is 2. The first-order valence-electron chi connectivity index (χ1n) is 8.56. The van der Waals surface area contributed by atoms with E-state index < -0.39 is 0 Å². The van der Waals surface area contributed by atoms with Crippen LogP contribution in [0.3, 0.4) is 0 Å². The second-order valence-corrected chi connectivity index (χ2v) is 6.30. The van der Waals surface area contributed by atoms with E-state index in [4.69, 9.17) is 9.40 Å². The Hall–Kier alpha value is -2.89. The van der Waals surface area contributed by atoms with Crippen LogP contribution in [0.15, 0.2) is 53.3 Å². The molecule has 0 aliphatic carbocycles. The van der Waals surface area contributed by atoms with E-state index in [1.54, 1.807) is 12.5 Å². The van der Waals surface area contributed by atoms with Gasteiger partial charge in [-0.05, 0) is 37.1 Å². The first-order valence-corrected chi connectivity index (χ1v) is 8.56. The summed E-state index contributed by atoms with van der Waals surface area (Å²) in [6.45, 7) is 1.99. The molecule has 6 heteroatoms. The molecule has 1 aliphatic rings. The Morgan fingerprint density at radius 1 is 1.24 bits per heavy atom. The molecule has 1 aromatic carbocycles. The van der Waals surface area contributed by atoms with E-state index >= 15 is 0 Å². The van der Waals surface area contributed by atoms with E-state index in [1.807, 2.05) is 36.4 Å². The minimum Gasteiger partial charge on any atom is -0.467 e. The van der Waals surface area contributed by atoms with Gasteiger partial charge < -0.3 is 14.6 Å². The van der Waals surface area contributed by atoms with Crippen molar-refractivity contribution in [3.05, 3.63) is 54.6 Å². The number of para-hydroxylation sites is 2. The minimum absolute atomic E-state index is 0.0445. The van der Waals surface area contributed by atoms with Crippen LogP contribution in [0.5, 0.6) is 0 Å². The van der Waals surface area contributed by atoms with Gasteiger partial charge in [0.1, 0.15) is 11.6 Å². The average molecular weight is 336 g/mol. The molecule has 1 saturated heterocycles. The van der Waals surface area contributed by atoms with Crippen molar-refractivity contribution in [3.63, 3.8) is 0 Å². The summed E-state index contributed by atoms with van der Waals surface area (Å²) < 4.78 is 5.26. The van der Waals surface area contributed by atoms with E-state index in [0.717, 1.165) is 42.0 Å². The summed E-state index contributed by atoms with van der Waals surface area (Å²) >= 11 is 0. The third-order valence-corrected chi connectivity index (χ3v) is 4.57. The summed E-state index contributed by atoms with van der Waals surface area (Å²) in [6.07, 6.45) is 5.27. The Labute approximate surface area is 145 Å². The van der Waals surface area contributed by atoms with Crippen molar-refractivity contribution in [1.82, 2.24) is 15.3 Å². The number of fused-ring (bicyclic) bond motifs is 1. The molecule has 1 amide bonds. The van der Waals surface area contributed by atoms with Gasteiger partial charge in [0.25, 0.3) is 0 Å². The lowest BCUT2D eigenvalue weighted by Gasteiger charge is -2.32. The molecule has 4 rings (SSSR count). The highest BCUT2D eigenvalue weighted by atomic mass is 16.3. The fraction of sp³-hybridized carbons (Fsp3) is 0.316. The Morgan fingerprint density at radius 3 is 2.96 bits per heavy atom. The number of carbonyl (C=O) groups is 1. The number of carbonyl (C=O) groups excluding carboxylic acids is 1. The van der Waals surface area contributed by atoms with Crippen LogP contribution in [0.1, 0.15) is 18.6 Å². The van der Waals surface area contributed by atoms with Crippen molar-refractivity contribution >= 4 is 22.8 Å². The summed E-state index contributed by atoms with van der Waals surface area (Å²) in [6, 6.07) is 11.5. The quantitative estimate of drug-likeness (QED) is 0.793. The molecule has 0 saturated carbocycles. The van der Waals surface area contributed by atoms with Gasteiger partial charge in [-0.15, -0.1) is 0 Å². The maximum absolute atomic E-state index is 12.5. The molecule has 128 valence electrons. The Kier molecular flexibility index (Phi) is 4.33. The first kappa shape index (κ1) is 15.6. The number of piperidine rings is 1. The van der Waals surface area contributed by atoms with E-state index in [1.165, 1.54) is 0 Å². The number of rotatable bonds is 4. The monoisotopic (exact) mass is 336 g/mol. The molecular weight excluding hydrogens is 316 g/mol. The summed E-state index contributed by atoms with van der Waals surface area (Å²) in [5.74, 6) is 1.62. The van der Waals surface area contributed by atoms with Crippen molar-refractivity contribution in [3.8, 4) is 0 Å². The summed E-state index contributed by atoms with van der Waals surface area (Å²) in [4.78, 5) is 23.8. The van der Waals surface area contributed by atoms with Crippen LogP contribution in [0.2, 0.25) is 0 Å². The summed E-state index contributed by atoms with van der Waals surface area (Å²) in [5.41, 5.74) is 1.76. The molecule has 0 radical (unpaired) electrons. The number of hydrogen-bond donors (Lipinski definition) is 1. The number of benzene rings is 1. The molecule has 2 aromatic heterocycles. The number of amides is 1. The highest BCUT2D eigenvalue weighted by Crippen LogP contribution is 2.23. The maximum Gasteiger partial charge on any atom is 0.225 e. The molecular formula is C19H20N4O2. The normalized spacial score (nSPS) is 17.6. The zero-order chi connectivity index (χ0) is 17.1. The van der Waals surface area contributed by atoms with Crippen LogP contribution in [-0.4, -0.2) is 29.0 Å². The van der Waals surface area contributed by atoms with Gasteiger partial charge in [-0.1, -0.05) is 12.1 Å². The molecule has 1 fully saturated rings. The molecule has 6 nitrogen and oxygen atoms in total. The third kappa shape index (κ3) is 3.47. The molecule has 0 unspecified atom stereocenters. The van der Waals surface area contributed by atoms with Crippen molar-refractivity contribution in [2.24, 2.45) is 5.92 Å². The molecule has 1 atom stereocenters. The lowest BCUT2D eigenvalue weighted by atomic mass is 9.97. The standard InChI is InChI=1S/C19H20N4O2/c24-19(21-11-15-6-4-10-25-15)14-5-3-9-23(13-14)18-12-20-16-7-1-2-8-17(16)22-18/h1-2,4,6-8,10,12,14H,3,5,9,11,13H2,(H,21,24)/t14-/m0/s1. The topological polar surface area (TPSA) is 71.3 Å². The van der Waals surface area contributed by atoms with Gasteiger partial charge in [0, 0.05) is 13.1 Å². The van der Waals surface area contributed by atoms with Gasteiger partial charge in [0.2, 0.25) is 5.91 Å². The van der Waals surface area contributed by atoms with Gasteiger partial charge in [-0.25, -0.2) is 4.98 Å². The fourth-order valence-corrected chi connectivity index (χ4v) is 3.23. The Balaban J connectivity index is 1.43. The SMILES string of the molecule is O=C(NCc1ccco1)[C@H]1CCCN(c2cnc3ccccc3n2)C1. The van der Waals surface area contributed by atoms with Crippen molar-refractivity contribution in [2.45, 2.75) is 19.4 Å². The zero-order valence-corrected chi connectivity index (χ0v) is 13.9. The summed E-state index contributed by atoms with van der Waals surface area (Å²) in [7, 11) is 0. The zero-order valence-electron chi connectivity index (χ0n) is 13.9. The van der Waals surface area contributed by atoms with Crippen LogP contribution in [0.4, 0.5) is 5.82 Å². The van der Waals surface area contributed by atoms with Crippen LogP contribution in [-0.2, 0) is 11.3 Å². The van der Waals surface area contributed by atoms with Gasteiger partial charge in [-0.2, -0.15) is 0 Å². The molecule has 1 aliphatic heterocycles. The second kappa shape index (κ2) is 6.93. The molecule has 3 aromatic rings. The first-order chi connectivity index (χ1) is 12.3. The molecule has 1 N–H and O–H groups in total. The predicted molar refractivity (Wildman–Crippen MR) is 95.0 cm³/mol. The van der Waals surface area contributed by atoms with Crippen LogP contribution in [0.25, 0.3) is 11.0 Å². The second-order valence-electron chi connectivity index (χ2n) is 6.30. The van der Waals surface area contributed by atoms with Gasteiger partial charge in [0.05, 0.1) is 36.0 Å². The van der Waals surface area contributed by atoms with Gasteiger partial charge in [-0.3, -0.25) is 9.78 Å². The molecule has 25 heavy (non-hydrogen) atoms. The van der Waals surface area contributed by atoms with E-state index in [0.29, 0.717) is 13.1 Å². The van der Waals surface area contributed by atoms with Crippen molar-refractivity contribution in [2.75, 3.05) is 18.0 Å². The van der Waals surface area contributed by atoms with E-state index in [2.05, 4.69) is 15.2 Å². The molecule has 3 heterocycles. The number of nitrogens with zero attached hydrogens (tertiary/aromatic N) is 3. The number of anilines is 1. The van der Waals surface area contributed by atoms with Crippen molar-refractivity contribution in [1.29, 1.82) is 0 Å². The van der Waals surface area contributed by atoms with Crippen molar-refractivity contribution < 1.29 is 9.21 Å². The third-order valence-electron chi connectivity index (χ3n) is 4.57. The molecule has 0 spiro atoms. The Morgan fingerprint density at radius 2 is 2.12 bits per heavy atom. The number of hydrogen-bond acceptors (Lipinski definition) is 5. The number of nitrogens with one attached hydrogen (secondary N) is 1. The predicted octanol–water partition coefficient (Wildman–Crippen LogP) is 2.76. The summed E-state index contributed by atoms with van der Waals surface area (Å²) in [5, 5.41) is 2.96. The molecule has 0 bridgehead atoms. The maximum atomic E-state index is 12.5. The minimum atomic E-state index is -0.0445. The van der Waals surface area contributed by atoms with Gasteiger partial charge >= 0.3 is 0 Å². The van der Waals surface area contributed by atoms with Crippen LogP contribution < -0.4 is 10.2 Å².